The summed E-state index contributed by atoms with van der Waals surface area (Å²) in [5.74, 6) is -1.22. The van der Waals surface area contributed by atoms with Crippen molar-refractivity contribution >= 4 is 0 Å². The molecule has 3 rings (SSSR count). The van der Waals surface area contributed by atoms with Crippen LogP contribution in [0.2, 0.25) is 0 Å². The van der Waals surface area contributed by atoms with E-state index < -0.39 is 17.7 Å². The van der Waals surface area contributed by atoms with Gasteiger partial charge in [-0.2, -0.15) is 10.1 Å². The second-order valence-electron chi connectivity index (χ2n) is 4.54. The van der Waals surface area contributed by atoms with Crippen LogP contribution in [0.15, 0.2) is 35.1 Å². The molecule has 8 heteroatoms. The zero-order valence-corrected chi connectivity index (χ0v) is 11.0. The number of nitrogens with two attached hydrogens (primary N) is 1. The lowest BCUT2D eigenvalue weighted by molar-refractivity contribution is 0.367. The predicted octanol–water partition coefficient (Wildman–Crippen LogP) is 1.80. The number of benzene rings is 1. The van der Waals surface area contributed by atoms with Crippen LogP contribution in [0.4, 0.5) is 8.78 Å². The highest BCUT2D eigenvalue weighted by Crippen LogP contribution is 2.22. The van der Waals surface area contributed by atoms with Crippen LogP contribution in [0.5, 0.6) is 0 Å². The molecule has 0 aliphatic rings. The molecule has 0 aliphatic heterocycles. The fourth-order valence-electron chi connectivity index (χ4n) is 1.91. The van der Waals surface area contributed by atoms with Gasteiger partial charge < -0.3 is 10.3 Å². The van der Waals surface area contributed by atoms with E-state index in [1.54, 1.807) is 24.1 Å². The molecule has 0 amide bonds. The summed E-state index contributed by atoms with van der Waals surface area (Å²) < 4.78 is 33.0. The van der Waals surface area contributed by atoms with Gasteiger partial charge in [-0.05, 0) is 12.1 Å². The Morgan fingerprint density at radius 1 is 1.24 bits per heavy atom. The first-order valence-corrected chi connectivity index (χ1v) is 6.07. The molecule has 1 atom stereocenters. The van der Waals surface area contributed by atoms with E-state index in [1.165, 1.54) is 0 Å². The van der Waals surface area contributed by atoms with Gasteiger partial charge in [0, 0.05) is 30.4 Å². The largest absolute Gasteiger partial charge is 0.337 e. The van der Waals surface area contributed by atoms with E-state index in [0.29, 0.717) is 5.56 Å². The van der Waals surface area contributed by atoms with E-state index in [0.717, 1.165) is 18.2 Å². The molecule has 0 bridgehead atoms. The summed E-state index contributed by atoms with van der Waals surface area (Å²) >= 11 is 0. The van der Waals surface area contributed by atoms with Crippen LogP contribution in [0.25, 0.3) is 11.4 Å². The first-order valence-electron chi connectivity index (χ1n) is 6.07. The van der Waals surface area contributed by atoms with Crippen molar-refractivity contribution in [3.8, 4) is 11.4 Å². The molecular formula is C13H11F2N5O. The average molecular weight is 291 g/mol. The monoisotopic (exact) mass is 291 g/mol. The maximum Gasteiger partial charge on any atom is 0.248 e. The molecule has 0 fully saturated rings. The van der Waals surface area contributed by atoms with Gasteiger partial charge >= 0.3 is 0 Å². The topological polar surface area (TPSA) is 82.8 Å². The van der Waals surface area contributed by atoms with E-state index in [1.807, 2.05) is 0 Å². The molecular weight excluding hydrogens is 280 g/mol. The number of hydrogen-bond acceptors (Lipinski definition) is 5. The minimum absolute atomic E-state index is 0.0720. The van der Waals surface area contributed by atoms with Gasteiger partial charge in [0.2, 0.25) is 11.7 Å². The number of aryl methyl sites for hydroxylation is 1. The highest BCUT2D eigenvalue weighted by Gasteiger charge is 2.19. The fourth-order valence-corrected chi connectivity index (χ4v) is 1.91. The summed E-state index contributed by atoms with van der Waals surface area (Å²) in [6.45, 7) is 0. The van der Waals surface area contributed by atoms with Crippen molar-refractivity contribution in [1.82, 2.24) is 19.9 Å². The molecule has 108 valence electrons. The van der Waals surface area contributed by atoms with E-state index in [9.17, 15) is 8.78 Å². The third kappa shape index (κ3) is 2.65. The summed E-state index contributed by atoms with van der Waals surface area (Å²) in [4.78, 5) is 4.08. The third-order valence-corrected chi connectivity index (χ3v) is 2.91. The van der Waals surface area contributed by atoms with Gasteiger partial charge in [0.15, 0.2) is 0 Å². The Hall–Kier alpha value is -2.61. The van der Waals surface area contributed by atoms with E-state index >= 15 is 0 Å². The average Bonchev–Trinajstić information content (AvgIpc) is 3.05. The smallest absolute Gasteiger partial charge is 0.248 e. The summed E-state index contributed by atoms with van der Waals surface area (Å²) in [5.41, 5.74) is 6.86. The number of halogens is 2. The minimum Gasteiger partial charge on any atom is -0.337 e. The lowest BCUT2D eigenvalue weighted by atomic mass is 10.1. The first-order chi connectivity index (χ1) is 10.0. The van der Waals surface area contributed by atoms with Crippen molar-refractivity contribution in [3.63, 3.8) is 0 Å². The van der Waals surface area contributed by atoms with Gasteiger partial charge in [-0.15, -0.1) is 0 Å². The number of hydrogen-bond donors (Lipinski definition) is 1. The van der Waals surface area contributed by atoms with Crippen LogP contribution in [-0.4, -0.2) is 19.9 Å². The lowest BCUT2D eigenvalue weighted by Crippen LogP contribution is -2.11. The van der Waals surface area contributed by atoms with Gasteiger partial charge in [0.25, 0.3) is 0 Å². The third-order valence-electron chi connectivity index (χ3n) is 2.91. The van der Waals surface area contributed by atoms with E-state index in [-0.39, 0.29) is 17.3 Å². The second kappa shape index (κ2) is 5.06. The van der Waals surface area contributed by atoms with Gasteiger partial charge in [0.05, 0.1) is 6.20 Å². The molecule has 1 unspecified atom stereocenters. The molecule has 2 N–H and O–H groups in total. The summed E-state index contributed by atoms with van der Waals surface area (Å²) in [5, 5.41) is 7.69. The lowest BCUT2D eigenvalue weighted by Gasteiger charge is -2.01. The predicted molar refractivity (Wildman–Crippen MR) is 68.9 cm³/mol. The van der Waals surface area contributed by atoms with Crippen LogP contribution in [0, 0.1) is 11.6 Å². The SMILES string of the molecule is Cn1cc(C(N)c2nc(-c3cc(F)cc(F)c3)no2)cn1. The summed E-state index contributed by atoms with van der Waals surface area (Å²) in [6.07, 6.45) is 3.30. The Kier molecular flexibility index (Phi) is 3.22. The van der Waals surface area contributed by atoms with E-state index in [2.05, 4.69) is 15.2 Å². The number of aromatic nitrogens is 4. The van der Waals surface area contributed by atoms with Gasteiger partial charge in [0.1, 0.15) is 17.7 Å². The zero-order valence-electron chi connectivity index (χ0n) is 11.0. The number of rotatable bonds is 3. The molecule has 0 saturated carbocycles. The summed E-state index contributed by atoms with van der Waals surface area (Å²) in [7, 11) is 1.75. The Labute approximate surface area is 118 Å². The van der Waals surface area contributed by atoms with Crippen molar-refractivity contribution < 1.29 is 13.3 Å². The Morgan fingerprint density at radius 3 is 2.57 bits per heavy atom. The molecule has 0 aliphatic carbocycles. The molecule has 21 heavy (non-hydrogen) atoms. The molecule has 0 spiro atoms. The molecule has 2 heterocycles. The Bertz CT molecular complexity index is 762. The quantitative estimate of drug-likeness (QED) is 0.795. The zero-order chi connectivity index (χ0) is 15.0. The van der Waals surface area contributed by atoms with E-state index in [4.69, 9.17) is 10.3 Å². The number of nitrogens with zero attached hydrogens (tertiary/aromatic N) is 4. The molecule has 3 aromatic rings. The van der Waals surface area contributed by atoms with Gasteiger partial charge in [-0.1, -0.05) is 5.16 Å². The standard InChI is InChI=1S/C13H11F2N5O/c1-20-6-8(5-17-20)11(16)13-18-12(19-21-13)7-2-9(14)4-10(15)3-7/h2-6,11H,16H2,1H3. The van der Waals surface area contributed by atoms with Crippen LogP contribution in [0.3, 0.4) is 0 Å². The maximum absolute atomic E-state index is 13.2. The maximum atomic E-state index is 13.2. The molecule has 2 aromatic heterocycles. The highest BCUT2D eigenvalue weighted by molar-refractivity contribution is 5.54. The summed E-state index contributed by atoms with van der Waals surface area (Å²) in [6, 6.07) is 2.35. The van der Waals surface area contributed by atoms with Crippen molar-refractivity contribution in [2.45, 2.75) is 6.04 Å². The first kappa shape index (κ1) is 13.4. The van der Waals surface area contributed by atoms with Crippen molar-refractivity contribution in [2.75, 3.05) is 0 Å². The van der Waals surface area contributed by atoms with Crippen molar-refractivity contribution in [2.24, 2.45) is 12.8 Å². The van der Waals surface area contributed by atoms with Crippen molar-refractivity contribution in [1.29, 1.82) is 0 Å². The second-order valence-corrected chi connectivity index (χ2v) is 4.54. The molecule has 6 nitrogen and oxygen atoms in total. The molecule has 1 aromatic carbocycles. The van der Waals surface area contributed by atoms with Crippen LogP contribution >= 0.6 is 0 Å². The minimum atomic E-state index is -0.715. The Morgan fingerprint density at radius 2 is 1.95 bits per heavy atom. The molecule has 0 saturated heterocycles. The van der Waals surface area contributed by atoms with Crippen LogP contribution < -0.4 is 5.73 Å². The van der Waals surface area contributed by atoms with Crippen LogP contribution in [-0.2, 0) is 7.05 Å². The van der Waals surface area contributed by atoms with Crippen molar-refractivity contribution in [3.05, 3.63) is 53.7 Å². The Balaban J connectivity index is 1.92. The normalized spacial score (nSPS) is 12.6. The molecule has 0 radical (unpaired) electrons. The van der Waals surface area contributed by atoms with Gasteiger partial charge in [-0.25, -0.2) is 8.78 Å². The van der Waals surface area contributed by atoms with Gasteiger partial charge in [-0.3, -0.25) is 4.68 Å². The van der Waals surface area contributed by atoms with Crippen LogP contribution in [0.1, 0.15) is 17.5 Å². The fraction of sp³-hybridized carbons (Fsp3) is 0.154. The highest BCUT2D eigenvalue weighted by atomic mass is 19.1.